The lowest BCUT2D eigenvalue weighted by Gasteiger charge is -2.24. The lowest BCUT2D eigenvalue weighted by molar-refractivity contribution is -0.136. The van der Waals surface area contributed by atoms with E-state index in [0.717, 1.165) is 42.8 Å². The van der Waals surface area contributed by atoms with Crippen molar-refractivity contribution in [2.24, 2.45) is 5.73 Å². The van der Waals surface area contributed by atoms with Gasteiger partial charge in [0.05, 0.1) is 12.5 Å². The first-order chi connectivity index (χ1) is 17.3. The molecule has 2 unspecified atom stereocenters. The number of carboxylic acids is 1. The summed E-state index contributed by atoms with van der Waals surface area (Å²) < 4.78 is 27.3. The fourth-order valence-corrected chi connectivity index (χ4v) is 4.57. The zero-order valence-corrected chi connectivity index (χ0v) is 20.7. The first-order valence-electron chi connectivity index (χ1n) is 12.3. The predicted octanol–water partition coefficient (Wildman–Crippen LogP) is 5.33. The van der Waals surface area contributed by atoms with E-state index in [-0.39, 0.29) is 24.9 Å². The Bertz CT molecular complexity index is 1210. The molecule has 1 saturated heterocycles. The highest BCUT2D eigenvalue weighted by molar-refractivity contribution is 5.72. The minimum Gasteiger partial charge on any atom is -0.489 e. The summed E-state index contributed by atoms with van der Waals surface area (Å²) in [5, 5.41) is 9.23. The van der Waals surface area contributed by atoms with Crippen LogP contribution in [-0.2, 0) is 22.6 Å². The number of hydrogen-bond acceptors (Lipinski definition) is 5. The summed E-state index contributed by atoms with van der Waals surface area (Å²) in [7, 11) is 2.00. The molecule has 0 aromatic heterocycles. The summed E-state index contributed by atoms with van der Waals surface area (Å²) in [6.07, 6.45) is 2.12. The van der Waals surface area contributed by atoms with Crippen LogP contribution >= 0.6 is 0 Å². The molecule has 0 bridgehead atoms. The first kappa shape index (κ1) is 25.7. The number of rotatable bonds is 10. The molecule has 0 saturated carbocycles. The topological polar surface area (TPSA) is 85.0 Å². The van der Waals surface area contributed by atoms with E-state index in [0.29, 0.717) is 22.4 Å². The summed E-state index contributed by atoms with van der Waals surface area (Å²) in [6, 6.07) is 17.9. The van der Waals surface area contributed by atoms with Gasteiger partial charge in [0.1, 0.15) is 18.2 Å². The number of nitrogens with zero attached hydrogens (tertiary/aromatic N) is 1. The molecule has 0 spiro atoms. The van der Waals surface area contributed by atoms with Crippen molar-refractivity contribution < 1.29 is 23.8 Å². The Hall–Kier alpha value is -3.42. The van der Waals surface area contributed by atoms with E-state index >= 15 is 4.39 Å². The van der Waals surface area contributed by atoms with E-state index in [4.69, 9.17) is 15.2 Å². The molecule has 1 aliphatic heterocycles. The zero-order chi connectivity index (χ0) is 25.7. The average molecular weight is 493 g/mol. The number of hydrogen-bond donors (Lipinski definition) is 2. The zero-order valence-electron chi connectivity index (χ0n) is 20.7. The Balaban J connectivity index is 1.67. The molecule has 0 radical (unpaired) electrons. The molecule has 1 heterocycles. The molecule has 2 atom stereocenters. The third-order valence-electron chi connectivity index (χ3n) is 6.46. The molecular weight excluding hydrogens is 459 g/mol. The van der Waals surface area contributed by atoms with E-state index < -0.39 is 12.0 Å². The fourth-order valence-electron chi connectivity index (χ4n) is 4.57. The maximum Gasteiger partial charge on any atom is 0.307 e. The molecule has 0 amide bonds. The molecule has 3 aromatic rings. The number of ether oxygens (including phenoxy) is 2. The highest BCUT2D eigenvalue weighted by Gasteiger charge is 2.20. The molecular formula is C29H33FN2O4. The maximum atomic E-state index is 15.4. The third kappa shape index (κ3) is 6.22. The Kier molecular flexibility index (Phi) is 8.23. The Morgan fingerprint density at radius 3 is 2.75 bits per heavy atom. The summed E-state index contributed by atoms with van der Waals surface area (Å²) in [5.74, 6) is -0.731. The van der Waals surface area contributed by atoms with Gasteiger partial charge in [0, 0.05) is 48.6 Å². The normalized spacial score (nSPS) is 16.1. The highest BCUT2D eigenvalue weighted by Crippen LogP contribution is 2.32. The monoisotopic (exact) mass is 492 g/mol. The van der Waals surface area contributed by atoms with Gasteiger partial charge in [-0.3, -0.25) is 4.79 Å². The van der Waals surface area contributed by atoms with Crippen LogP contribution in [0.15, 0.2) is 60.7 Å². The highest BCUT2D eigenvalue weighted by atomic mass is 19.1. The smallest absolute Gasteiger partial charge is 0.307 e. The molecule has 4 rings (SSSR count). The number of carboxylic acid groups (broad SMARTS) is 1. The lowest BCUT2D eigenvalue weighted by Crippen LogP contribution is -2.28. The quantitative estimate of drug-likeness (QED) is 0.398. The SMILES string of the molecule is CC(N)c1cccc(-c2cc(COc3ccccc3CC(=O)O)cc(N(C)CC3CCCO3)c2)c1F. The van der Waals surface area contributed by atoms with Crippen LogP contribution in [0.5, 0.6) is 5.75 Å². The second-order valence-electron chi connectivity index (χ2n) is 9.37. The van der Waals surface area contributed by atoms with Gasteiger partial charge in [0.25, 0.3) is 0 Å². The maximum absolute atomic E-state index is 15.4. The van der Waals surface area contributed by atoms with Crippen LogP contribution in [0.25, 0.3) is 11.1 Å². The average Bonchev–Trinajstić information content (AvgIpc) is 3.36. The standard InChI is InChI=1S/C29H33FN2O4/c1-19(31)25-9-5-10-26(29(25)30)22-13-20(14-23(15-22)32(2)17-24-8-6-12-35-24)18-36-27-11-4-3-7-21(27)16-28(33)34/h3-5,7,9-11,13-15,19,24H,6,8,12,16-18,31H2,1-2H3,(H,33,34). The third-order valence-corrected chi connectivity index (χ3v) is 6.46. The molecule has 190 valence electrons. The molecule has 0 aliphatic carbocycles. The van der Waals surface area contributed by atoms with Crippen LogP contribution in [0.2, 0.25) is 0 Å². The summed E-state index contributed by atoms with van der Waals surface area (Å²) in [4.78, 5) is 13.4. The van der Waals surface area contributed by atoms with Gasteiger partial charge in [-0.2, -0.15) is 0 Å². The van der Waals surface area contributed by atoms with Gasteiger partial charge in [0.15, 0.2) is 0 Å². The van der Waals surface area contributed by atoms with Crippen LogP contribution in [0, 0.1) is 5.82 Å². The first-order valence-corrected chi connectivity index (χ1v) is 12.3. The van der Waals surface area contributed by atoms with E-state index in [2.05, 4.69) is 4.90 Å². The Morgan fingerprint density at radius 1 is 1.22 bits per heavy atom. The molecule has 36 heavy (non-hydrogen) atoms. The Morgan fingerprint density at radius 2 is 2.03 bits per heavy atom. The number of likely N-dealkylation sites (N-methyl/N-ethyl adjacent to an activating group) is 1. The second kappa shape index (κ2) is 11.5. The summed E-state index contributed by atoms with van der Waals surface area (Å²) in [5.41, 5.74) is 10.0. The van der Waals surface area contributed by atoms with Gasteiger partial charge in [-0.25, -0.2) is 4.39 Å². The van der Waals surface area contributed by atoms with Crippen molar-refractivity contribution in [3.63, 3.8) is 0 Å². The van der Waals surface area contributed by atoms with Crippen molar-refractivity contribution in [3.05, 3.63) is 83.2 Å². The molecule has 1 fully saturated rings. The van der Waals surface area contributed by atoms with E-state index in [1.54, 1.807) is 37.3 Å². The van der Waals surface area contributed by atoms with Crippen LogP contribution in [-0.4, -0.2) is 37.4 Å². The van der Waals surface area contributed by atoms with E-state index in [1.807, 2.05) is 37.4 Å². The van der Waals surface area contributed by atoms with E-state index in [9.17, 15) is 9.90 Å². The van der Waals surface area contributed by atoms with Gasteiger partial charge in [-0.15, -0.1) is 0 Å². The number of nitrogens with two attached hydrogens (primary N) is 1. The number of anilines is 1. The van der Waals surface area contributed by atoms with Gasteiger partial charge in [0.2, 0.25) is 0 Å². The van der Waals surface area contributed by atoms with Crippen molar-refractivity contribution in [1.82, 2.24) is 0 Å². The van der Waals surface area contributed by atoms with Gasteiger partial charge in [-0.1, -0.05) is 36.4 Å². The predicted molar refractivity (Wildman–Crippen MR) is 139 cm³/mol. The van der Waals surface area contributed by atoms with Crippen molar-refractivity contribution in [2.45, 2.75) is 44.9 Å². The largest absolute Gasteiger partial charge is 0.489 e. The second-order valence-corrected chi connectivity index (χ2v) is 9.37. The van der Waals surface area contributed by atoms with Gasteiger partial charge < -0.3 is 25.2 Å². The molecule has 1 aliphatic rings. The van der Waals surface area contributed by atoms with Crippen molar-refractivity contribution in [2.75, 3.05) is 25.1 Å². The summed E-state index contributed by atoms with van der Waals surface area (Å²) >= 11 is 0. The molecule has 3 N–H and O–H groups in total. The fraction of sp³-hybridized carbons (Fsp3) is 0.345. The molecule has 3 aromatic carbocycles. The molecule has 7 heteroatoms. The van der Waals surface area contributed by atoms with Crippen molar-refractivity contribution in [3.8, 4) is 16.9 Å². The van der Waals surface area contributed by atoms with Crippen LogP contribution < -0.4 is 15.4 Å². The minimum absolute atomic E-state index is 0.124. The van der Waals surface area contributed by atoms with Crippen LogP contribution in [0.1, 0.15) is 42.5 Å². The number of halogens is 1. The summed E-state index contributed by atoms with van der Waals surface area (Å²) in [6.45, 7) is 3.48. The van der Waals surface area contributed by atoms with Gasteiger partial charge in [-0.05, 0) is 55.2 Å². The van der Waals surface area contributed by atoms with Crippen molar-refractivity contribution in [1.29, 1.82) is 0 Å². The van der Waals surface area contributed by atoms with E-state index in [1.165, 1.54) is 0 Å². The van der Waals surface area contributed by atoms with Crippen molar-refractivity contribution >= 4 is 11.7 Å². The van der Waals surface area contributed by atoms with Crippen LogP contribution in [0.3, 0.4) is 0 Å². The number of carbonyl (C=O) groups is 1. The number of para-hydroxylation sites is 1. The number of aliphatic carboxylic acids is 1. The minimum atomic E-state index is -0.921. The van der Waals surface area contributed by atoms with Gasteiger partial charge >= 0.3 is 5.97 Å². The van der Waals surface area contributed by atoms with Crippen LogP contribution in [0.4, 0.5) is 10.1 Å². The molecule has 6 nitrogen and oxygen atoms in total. The number of benzene rings is 3. The lowest BCUT2D eigenvalue weighted by atomic mass is 9.97. The Labute approximate surface area is 211 Å².